The summed E-state index contributed by atoms with van der Waals surface area (Å²) < 4.78 is 26.3. The number of carbonyl (C=O) groups excluding carboxylic acids is 1. The lowest BCUT2D eigenvalue weighted by molar-refractivity contribution is 0.0988. The SMILES string of the molecule is Cc1cc(F)ccc1CC(=O)c1ccncc1F. The molecule has 2 rings (SSSR count). The number of hydrogen-bond acceptors (Lipinski definition) is 2. The van der Waals surface area contributed by atoms with Crippen molar-refractivity contribution in [2.24, 2.45) is 0 Å². The van der Waals surface area contributed by atoms with Crippen molar-refractivity contribution in [3.8, 4) is 0 Å². The zero-order valence-corrected chi connectivity index (χ0v) is 9.78. The zero-order chi connectivity index (χ0) is 13.1. The molecule has 0 radical (unpaired) electrons. The number of hydrogen-bond donors (Lipinski definition) is 0. The van der Waals surface area contributed by atoms with E-state index in [2.05, 4.69) is 4.98 Å². The molecule has 92 valence electrons. The van der Waals surface area contributed by atoms with Gasteiger partial charge in [-0.05, 0) is 36.2 Å². The van der Waals surface area contributed by atoms with Crippen LogP contribution in [-0.2, 0) is 6.42 Å². The third-order valence-corrected chi connectivity index (χ3v) is 2.73. The average molecular weight is 247 g/mol. The molecule has 0 fully saturated rings. The first-order chi connectivity index (χ1) is 8.58. The van der Waals surface area contributed by atoms with Gasteiger partial charge >= 0.3 is 0 Å². The van der Waals surface area contributed by atoms with E-state index in [0.29, 0.717) is 11.1 Å². The Labute approximate surface area is 103 Å². The number of rotatable bonds is 3. The Morgan fingerprint density at radius 3 is 2.72 bits per heavy atom. The Morgan fingerprint density at radius 2 is 2.06 bits per heavy atom. The molecule has 0 spiro atoms. The monoisotopic (exact) mass is 247 g/mol. The van der Waals surface area contributed by atoms with Crippen molar-refractivity contribution in [2.75, 3.05) is 0 Å². The molecule has 1 aromatic carbocycles. The zero-order valence-electron chi connectivity index (χ0n) is 9.78. The third-order valence-electron chi connectivity index (χ3n) is 2.73. The Hall–Kier alpha value is -2.10. The Morgan fingerprint density at radius 1 is 1.28 bits per heavy atom. The predicted octanol–water partition coefficient (Wildman–Crippen LogP) is 3.09. The van der Waals surface area contributed by atoms with Crippen LogP contribution in [0.1, 0.15) is 21.5 Å². The van der Waals surface area contributed by atoms with Crippen molar-refractivity contribution in [2.45, 2.75) is 13.3 Å². The number of pyridine rings is 1. The van der Waals surface area contributed by atoms with Gasteiger partial charge in [0.05, 0.1) is 11.8 Å². The van der Waals surface area contributed by atoms with Gasteiger partial charge in [-0.25, -0.2) is 8.78 Å². The van der Waals surface area contributed by atoms with Gasteiger partial charge in [0.1, 0.15) is 5.82 Å². The number of aryl methyl sites for hydroxylation is 1. The molecular weight excluding hydrogens is 236 g/mol. The second-order valence-electron chi connectivity index (χ2n) is 4.03. The van der Waals surface area contributed by atoms with Gasteiger partial charge in [0.2, 0.25) is 0 Å². The maximum Gasteiger partial charge on any atom is 0.170 e. The fourth-order valence-corrected chi connectivity index (χ4v) is 1.73. The molecule has 2 aromatic rings. The van der Waals surface area contributed by atoms with E-state index in [1.165, 1.54) is 24.4 Å². The van der Waals surface area contributed by atoms with Crippen LogP contribution in [0.5, 0.6) is 0 Å². The molecule has 1 heterocycles. The van der Waals surface area contributed by atoms with E-state index >= 15 is 0 Å². The highest BCUT2D eigenvalue weighted by atomic mass is 19.1. The van der Waals surface area contributed by atoms with Crippen LogP contribution in [-0.4, -0.2) is 10.8 Å². The van der Waals surface area contributed by atoms with Gasteiger partial charge in [-0.1, -0.05) is 6.07 Å². The summed E-state index contributed by atoms with van der Waals surface area (Å²) in [4.78, 5) is 15.5. The van der Waals surface area contributed by atoms with Crippen LogP contribution in [0.25, 0.3) is 0 Å². The van der Waals surface area contributed by atoms with Crippen molar-refractivity contribution < 1.29 is 13.6 Å². The summed E-state index contributed by atoms with van der Waals surface area (Å²) in [5.41, 5.74) is 1.38. The van der Waals surface area contributed by atoms with Crippen LogP contribution in [0.2, 0.25) is 0 Å². The van der Waals surface area contributed by atoms with E-state index in [9.17, 15) is 13.6 Å². The van der Waals surface area contributed by atoms with Crippen molar-refractivity contribution in [3.63, 3.8) is 0 Å². The number of nitrogens with zero attached hydrogens (tertiary/aromatic N) is 1. The van der Waals surface area contributed by atoms with Gasteiger partial charge in [0, 0.05) is 12.6 Å². The molecule has 1 aromatic heterocycles. The first kappa shape index (κ1) is 12.4. The lowest BCUT2D eigenvalue weighted by atomic mass is 10.00. The molecule has 2 nitrogen and oxygen atoms in total. The van der Waals surface area contributed by atoms with Crippen LogP contribution < -0.4 is 0 Å². The van der Waals surface area contributed by atoms with Crippen molar-refractivity contribution in [1.82, 2.24) is 4.98 Å². The molecule has 0 aliphatic rings. The summed E-state index contributed by atoms with van der Waals surface area (Å²) in [6.07, 6.45) is 2.42. The van der Waals surface area contributed by atoms with Crippen LogP contribution >= 0.6 is 0 Å². The van der Waals surface area contributed by atoms with Gasteiger partial charge in [-0.3, -0.25) is 9.78 Å². The fraction of sp³-hybridized carbons (Fsp3) is 0.143. The smallest absolute Gasteiger partial charge is 0.170 e. The summed E-state index contributed by atoms with van der Waals surface area (Å²) in [7, 11) is 0. The first-order valence-corrected chi connectivity index (χ1v) is 5.45. The number of carbonyl (C=O) groups is 1. The van der Waals surface area contributed by atoms with E-state index in [1.54, 1.807) is 13.0 Å². The second kappa shape index (κ2) is 5.04. The van der Waals surface area contributed by atoms with Crippen molar-refractivity contribution in [1.29, 1.82) is 0 Å². The summed E-state index contributed by atoms with van der Waals surface area (Å²) in [5.74, 6) is -1.33. The molecular formula is C14H11F2NO. The molecule has 0 amide bonds. The summed E-state index contributed by atoms with van der Waals surface area (Å²) in [5, 5.41) is 0. The van der Waals surface area contributed by atoms with Gasteiger partial charge in [-0.15, -0.1) is 0 Å². The number of Topliss-reactive ketones (excluding diaryl/α,β-unsaturated/α-hetero) is 1. The van der Waals surface area contributed by atoms with E-state index in [-0.39, 0.29) is 23.6 Å². The van der Waals surface area contributed by atoms with Gasteiger partial charge in [0.15, 0.2) is 11.6 Å². The van der Waals surface area contributed by atoms with E-state index < -0.39 is 5.82 Å². The summed E-state index contributed by atoms with van der Waals surface area (Å²) in [6.45, 7) is 1.72. The van der Waals surface area contributed by atoms with Crippen LogP contribution in [0.3, 0.4) is 0 Å². The molecule has 18 heavy (non-hydrogen) atoms. The quantitative estimate of drug-likeness (QED) is 0.780. The van der Waals surface area contributed by atoms with Crippen LogP contribution in [0.4, 0.5) is 8.78 Å². The number of halogens is 2. The molecule has 0 saturated heterocycles. The minimum absolute atomic E-state index is 0.00808. The maximum absolute atomic E-state index is 13.4. The van der Waals surface area contributed by atoms with Crippen molar-refractivity contribution >= 4 is 5.78 Å². The molecule has 0 N–H and O–H groups in total. The third kappa shape index (κ3) is 2.59. The second-order valence-corrected chi connectivity index (χ2v) is 4.03. The van der Waals surface area contributed by atoms with Crippen LogP contribution in [0.15, 0.2) is 36.7 Å². The highest BCUT2D eigenvalue weighted by Crippen LogP contribution is 2.14. The molecule has 0 aliphatic carbocycles. The summed E-state index contributed by atoms with van der Waals surface area (Å²) >= 11 is 0. The van der Waals surface area contributed by atoms with Crippen LogP contribution in [0, 0.1) is 18.6 Å². The highest BCUT2D eigenvalue weighted by Gasteiger charge is 2.13. The van der Waals surface area contributed by atoms with Gasteiger partial charge < -0.3 is 0 Å². The van der Waals surface area contributed by atoms with E-state index in [1.807, 2.05) is 0 Å². The standard InChI is InChI=1S/C14H11F2NO/c1-9-6-11(15)3-2-10(9)7-14(18)12-4-5-17-8-13(12)16/h2-6,8H,7H2,1H3. The Balaban J connectivity index is 2.24. The van der Waals surface area contributed by atoms with E-state index in [4.69, 9.17) is 0 Å². The normalized spacial score (nSPS) is 10.4. The predicted molar refractivity (Wildman–Crippen MR) is 63.4 cm³/mol. The molecule has 0 saturated carbocycles. The first-order valence-electron chi connectivity index (χ1n) is 5.45. The number of benzene rings is 1. The lowest BCUT2D eigenvalue weighted by Crippen LogP contribution is -2.07. The largest absolute Gasteiger partial charge is 0.294 e. The minimum Gasteiger partial charge on any atom is -0.294 e. The Bertz CT molecular complexity index is 596. The van der Waals surface area contributed by atoms with Gasteiger partial charge in [0.25, 0.3) is 0 Å². The maximum atomic E-state index is 13.4. The van der Waals surface area contributed by atoms with Gasteiger partial charge in [-0.2, -0.15) is 0 Å². The van der Waals surface area contributed by atoms with Crippen molar-refractivity contribution in [3.05, 3.63) is 65.0 Å². The lowest BCUT2D eigenvalue weighted by Gasteiger charge is -2.06. The number of aromatic nitrogens is 1. The molecule has 0 unspecified atom stereocenters. The Kier molecular flexibility index (Phi) is 3.46. The highest BCUT2D eigenvalue weighted by molar-refractivity contribution is 5.97. The van der Waals surface area contributed by atoms with E-state index in [0.717, 1.165) is 6.20 Å². The fourth-order valence-electron chi connectivity index (χ4n) is 1.73. The molecule has 0 bridgehead atoms. The average Bonchev–Trinajstić information content (AvgIpc) is 2.33. The topological polar surface area (TPSA) is 30.0 Å². The summed E-state index contributed by atoms with van der Waals surface area (Å²) in [6, 6.07) is 5.53. The molecule has 0 atom stereocenters. The molecule has 0 aliphatic heterocycles. The number of ketones is 1. The molecule has 4 heteroatoms. The minimum atomic E-state index is -0.637.